The molecular formula is C20H21FN2O3. The Kier molecular flexibility index (Phi) is 6.60. The second-order valence-electron chi connectivity index (χ2n) is 6.17. The van der Waals surface area contributed by atoms with Gasteiger partial charge in [0.15, 0.2) is 11.8 Å². The van der Waals surface area contributed by atoms with Crippen molar-refractivity contribution in [1.29, 1.82) is 0 Å². The molecule has 0 aliphatic heterocycles. The minimum absolute atomic E-state index is 0.170. The van der Waals surface area contributed by atoms with Crippen molar-refractivity contribution in [2.75, 3.05) is 0 Å². The van der Waals surface area contributed by atoms with Gasteiger partial charge in [0.2, 0.25) is 0 Å². The SMILES string of the molecule is CC(C)C(=O)C(NC(=O)c1ccc(F)cc1)C(=O)NCc1ccccc1. The van der Waals surface area contributed by atoms with Crippen LogP contribution in [0.4, 0.5) is 4.39 Å². The van der Waals surface area contributed by atoms with Crippen molar-refractivity contribution in [1.82, 2.24) is 10.6 Å². The molecule has 0 radical (unpaired) electrons. The first-order valence-corrected chi connectivity index (χ1v) is 8.30. The van der Waals surface area contributed by atoms with Gasteiger partial charge < -0.3 is 10.6 Å². The van der Waals surface area contributed by atoms with Crippen molar-refractivity contribution in [3.05, 3.63) is 71.5 Å². The van der Waals surface area contributed by atoms with Crippen LogP contribution in [-0.4, -0.2) is 23.6 Å². The van der Waals surface area contributed by atoms with E-state index >= 15 is 0 Å². The molecule has 0 fully saturated rings. The molecule has 2 aromatic carbocycles. The highest BCUT2D eigenvalue weighted by Gasteiger charge is 2.30. The number of amides is 2. The Morgan fingerprint density at radius 2 is 1.58 bits per heavy atom. The van der Waals surface area contributed by atoms with E-state index in [9.17, 15) is 18.8 Å². The number of nitrogens with one attached hydrogen (secondary N) is 2. The number of benzene rings is 2. The Balaban J connectivity index is 2.09. The van der Waals surface area contributed by atoms with Gasteiger partial charge in [-0.2, -0.15) is 0 Å². The predicted octanol–water partition coefficient (Wildman–Crippen LogP) is 2.47. The summed E-state index contributed by atoms with van der Waals surface area (Å²) >= 11 is 0. The average molecular weight is 356 g/mol. The van der Waals surface area contributed by atoms with Crippen molar-refractivity contribution in [3.63, 3.8) is 0 Å². The Labute approximate surface area is 151 Å². The summed E-state index contributed by atoms with van der Waals surface area (Å²) in [5.74, 6) is -2.50. The van der Waals surface area contributed by atoms with Crippen LogP contribution in [0.15, 0.2) is 54.6 Å². The lowest BCUT2D eigenvalue weighted by atomic mass is 10.0. The lowest BCUT2D eigenvalue weighted by Gasteiger charge is -2.19. The highest BCUT2D eigenvalue weighted by molar-refractivity contribution is 6.10. The predicted molar refractivity (Wildman–Crippen MR) is 95.8 cm³/mol. The van der Waals surface area contributed by atoms with Crippen LogP contribution < -0.4 is 10.6 Å². The maximum Gasteiger partial charge on any atom is 0.252 e. The van der Waals surface area contributed by atoms with Gasteiger partial charge in [0.05, 0.1) is 0 Å². The van der Waals surface area contributed by atoms with Crippen LogP contribution in [0.25, 0.3) is 0 Å². The molecule has 136 valence electrons. The maximum atomic E-state index is 13.0. The fourth-order valence-corrected chi connectivity index (χ4v) is 2.30. The van der Waals surface area contributed by atoms with E-state index in [-0.39, 0.29) is 12.1 Å². The molecule has 2 N–H and O–H groups in total. The molecule has 0 aliphatic rings. The normalized spacial score (nSPS) is 11.7. The Hall–Kier alpha value is -3.02. The average Bonchev–Trinajstić information content (AvgIpc) is 2.64. The number of halogens is 1. The Morgan fingerprint density at radius 3 is 2.15 bits per heavy atom. The molecule has 1 atom stereocenters. The molecule has 2 rings (SSSR count). The van der Waals surface area contributed by atoms with Gasteiger partial charge >= 0.3 is 0 Å². The van der Waals surface area contributed by atoms with Gasteiger partial charge in [0.1, 0.15) is 5.82 Å². The van der Waals surface area contributed by atoms with Crippen LogP contribution >= 0.6 is 0 Å². The third kappa shape index (κ3) is 5.24. The van der Waals surface area contributed by atoms with E-state index in [1.165, 1.54) is 12.1 Å². The van der Waals surface area contributed by atoms with Gasteiger partial charge in [-0.05, 0) is 29.8 Å². The second-order valence-corrected chi connectivity index (χ2v) is 6.17. The van der Waals surface area contributed by atoms with Crippen LogP contribution in [0.3, 0.4) is 0 Å². The van der Waals surface area contributed by atoms with Crippen molar-refractivity contribution in [2.24, 2.45) is 5.92 Å². The van der Waals surface area contributed by atoms with Crippen molar-refractivity contribution >= 4 is 17.6 Å². The summed E-state index contributed by atoms with van der Waals surface area (Å²) in [6.07, 6.45) is 0. The zero-order valence-corrected chi connectivity index (χ0v) is 14.7. The van der Waals surface area contributed by atoms with Crippen LogP contribution in [-0.2, 0) is 16.1 Å². The molecule has 2 aromatic rings. The number of rotatable bonds is 7. The lowest BCUT2D eigenvalue weighted by Crippen LogP contribution is -2.52. The molecule has 0 aromatic heterocycles. The molecule has 0 saturated carbocycles. The standard InChI is InChI=1S/C20H21FN2O3/c1-13(2)18(24)17(20(26)22-12-14-6-4-3-5-7-14)23-19(25)15-8-10-16(21)11-9-15/h3-11,13,17H,12H2,1-2H3,(H,22,26)(H,23,25). The zero-order valence-electron chi connectivity index (χ0n) is 14.7. The van der Waals surface area contributed by atoms with Gasteiger partial charge in [-0.1, -0.05) is 44.2 Å². The van der Waals surface area contributed by atoms with Gasteiger partial charge in [0.25, 0.3) is 11.8 Å². The summed E-state index contributed by atoms with van der Waals surface area (Å²) in [6, 6.07) is 12.8. The first kappa shape index (κ1) is 19.3. The third-order valence-corrected chi connectivity index (χ3v) is 3.81. The van der Waals surface area contributed by atoms with Crippen molar-refractivity contribution in [3.8, 4) is 0 Å². The zero-order chi connectivity index (χ0) is 19.1. The summed E-state index contributed by atoms with van der Waals surface area (Å²) in [5, 5.41) is 5.11. The molecule has 0 heterocycles. The third-order valence-electron chi connectivity index (χ3n) is 3.81. The minimum atomic E-state index is -1.31. The first-order valence-electron chi connectivity index (χ1n) is 8.30. The highest BCUT2D eigenvalue weighted by Crippen LogP contribution is 2.06. The van der Waals surface area contributed by atoms with Gasteiger partial charge in [0, 0.05) is 18.0 Å². The van der Waals surface area contributed by atoms with Crippen LogP contribution in [0.2, 0.25) is 0 Å². The van der Waals surface area contributed by atoms with E-state index in [4.69, 9.17) is 0 Å². The molecule has 0 saturated heterocycles. The summed E-state index contributed by atoms with van der Waals surface area (Å²) in [5.41, 5.74) is 1.05. The molecule has 26 heavy (non-hydrogen) atoms. The van der Waals surface area contributed by atoms with Gasteiger partial charge in [-0.15, -0.1) is 0 Å². The summed E-state index contributed by atoms with van der Waals surface area (Å²) in [6.45, 7) is 3.56. The van der Waals surface area contributed by atoms with E-state index in [1.54, 1.807) is 13.8 Å². The van der Waals surface area contributed by atoms with E-state index in [0.717, 1.165) is 17.7 Å². The smallest absolute Gasteiger partial charge is 0.252 e. The molecule has 1 unspecified atom stereocenters. The second kappa shape index (κ2) is 8.89. The lowest BCUT2D eigenvalue weighted by molar-refractivity contribution is -0.132. The number of Topliss-reactive ketones (excluding diaryl/α,β-unsaturated/α-hetero) is 1. The summed E-state index contributed by atoms with van der Waals surface area (Å²) in [7, 11) is 0. The van der Waals surface area contributed by atoms with Crippen molar-refractivity contribution < 1.29 is 18.8 Å². The fourth-order valence-electron chi connectivity index (χ4n) is 2.30. The van der Waals surface area contributed by atoms with Crippen LogP contribution in [0.1, 0.15) is 29.8 Å². The quantitative estimate of drug-likeness (QED) is 0.749. The Bertz CT molecular complexity index is 773. The molecular weight excluding hydrogens is 335 g/mol. The maximum absolute atomic E-state index is 13.0. The number of ketones is 1. The first-order chi connectivity index (χ1) is 12.4. The number of carbonyl (C=O) groups is 3. The minimum Gasteiger partial charge on any atom is -0.350 e. The van der Waals surface area contributed by atoms with Crippen LogP contribution in [0.5, 0.6) is 0 Å². The van der Waals surface area contributed by atoms with Crippen molar-refractivity contribution in [2.45, 2.75) is 26.4 Å². The van der Waals surface area contributed by atoms with E-state index in [1.807, 2.05) is 30.3 Å². The Morgan fingerprint density at radius 1 is 0.962 bits per heavy atom. The molecule has 5 nitrogen and oxygen atoms in total. The van der Waals surface area contributed by atoms with Crippen LogP contribution in [0, 0.1) is 11.7 Å². The highest BCUT2D eigenvalue weighted by atomic mass is 19.1. The molecule has 2 amide bonds. The molecule has 6 heteroatoms. The van der Waals surface area contributed by atoms with E-state index in [0.29, 0.717) is 0 Å². The molecule has 0 spiro atoms. The van der Waals surface area contributed by atoms with Gasteiger partial charge in [-0.3, -0.25) is 14.4 Å². The monoisotopic (exact) mass is 356 g/mol. The number of hydrogen-bond acceptors (Lipinski definition) is 3. The number of carbonyl (C=O) groups excluding carboxylic acids is 3. The fraction of sp³-hybridized carbons (Fsp3) is 0.250. The van der Waals surface area contributed by atoms with Gasteiger partial charge in [-0.25, -0.2) is 4.39 Å². The summed E-state index contributed by atoms with van der Waals surface area (Å²) in [4.78, 5) is 37.2. The molecule has 0 bridgehead atoms. The van der Waals surface area contributed by atoms with E-state index < -0.39 is 35.4 Å². The number of hydrogen-bond donors (Lipinski definition) is 2. The largest absolute Gasteiger partial charge is 0.350 e. The topological polar surface area (TPSA) is 75.3 Å². The summed E-state index contributed by atoms with van der Waals surface area (Å²) < 4.78 is 13.0. The van der Waals surface area contributed by atoms with E-state index in [2.05, 4.69) is 10.6 Å². The molecule has 0 aliphatic carbocycles.